The van der Waals surface area contributed by atoms with Gasteiger partial charge in [-0.1, -0.05) is 22.9 Å². The standard InChI is InChI=1S/C18H27ClN5S.BrH/c1-7-23(10-11-24(4,5)6)15-8-9-17(16(19)12-15)21-22-18-20-13(2)14(3)25-18;/h8-9,12H,7,10-11H2,1-6H3;1H/q+1;/p-1/b22-21+;. The Hall–Kier alpha value is -1.02. The van der Waals surface area contributed by atoms with Crippen molar-refractivity contribution < 1.29 is 21.5 Å². The first-order chi connectivity index (χ1) is 11.7. The highest BCUT2D eigenvalue weighted by Gasteiger charge is 2.13. The van der Waals surface area contributed by atoms with Gasteiger partial charge < -0.3 is 26.4 Å². The Morgan fingerprint density at radius 1 is 1.19 bits per heavy atom. The molecule has 144 valence electrons. The van der Waals surface area contributed by atoms with Gasteiger partial charge in [0.2, 0.25) is 5.13 Å². The minimum atomic E-state index is 0. The van der Waals surface area contributed by atoms with Crippen molar-refractivity contribution in [1.29, 1.82) is 0 Å². The van der Waals surface area contributed by atoms with Gasteiger partial charge in [-0.2, -0.15) is 0 Å². The lowest BCUT2D eigenvalue weighted by atomic mass is 10.2. The van der Waals surface area contributed by atoms with E-state index < -0.39 is 0 Å². The average Bonchev–Trinajstić information content (AvgIpc) is 2.84. The number of nitrogens with zero attached hydrogens (tertiary/aromatic N) is 5. The van der Waals surface area contributed by atoms with E-state index in [2.05, 4.69) is 54.2 Å². The van der Waals surface area contributed by atoms with Crippen LogP contribution >= 0.6 is 22.9 Å². The zero-order valence-corrected chi connectivity index (χ0v) is 19.4. The Kier molecular flexibility index (Phi) is 8.66. The van der Waals surface area contributed by atoms with Crippen LogP contribution in [0, 0.1) is 13.8 Å². The number of likely N-dealkylation sites (N-methyl/N-ethyl adjacent to an activating group) is 2. The topological polar surface area (TPSA) is 40.9 Å². The first kappa shape index (κ1) is 23.0. The van der Waals surface area contributed by atoms with E-state index >= 15 is 0 Å². The summed E-state index contributed by atoms with van der Waals surface area (Å²) in [5.41, 5.74) is 2.77. The fourth-order valence-corrected chi connectivity index (χ4v) is 3.20. The van der Waals surface area contributed by atoms with Gasteiger partial charge in [0.25, 0.3) is 0 Å². The predicted octanol–water partition coefficient (Wildman–Crippen LogP) is 2.37. The molecule has 0 saturated carbocycles. The second-order valence-corrected chi connectivity index (χ2v) is 8.66. The molecule has 0 unspecified atom stereocenters. The van der Waals surface area contributed by atoms with Crippen LogP contribution in [0.3, 0.4) is 0 Å². The molecule has 0 saturated heterocycles. The fourth-order valence-electron chi connectivity index (χ4n) is 2.26. The van der Waals surface area contributed by atoms with E-state index in [1.165, 1.54) is 11.3 Å². The van der Waals surface area contributed by atoms with E-state index in [9.17, 15) is 0 Å². The summed E-state index contributed by atoms with van der Waals surface area (Å²) < 4.78 is 0.934. The molecule has 0 radical (unpaired) electrons. The van der Waals surface area contributed by atoms with Crippen LogP contribution in [0.15, 0.2) is 28.4 Å². The van der Waals surface area contributed by atoms with Crippen LogP contribution in [0.1, 0.15) is 17.5 Å². The number of aromatic nitrogens is 1. The molecule has 0 aliphatic carbocycles. The summed E-state index contributed by atoms with van der Waals surface area (Å²) in [4.78, 5) is 7.85. The molecular weight excluding hydrogens is 434 g/mol. The van der Waals surface area contributed by atoms with Gasteiger partial charge in [0, 0.05) is 17.1 Å². The minimum absolute atomic E-state index is 0. The first-order valence-electron chi connectivity index (χ1n) is 8.40. The molecule has 2 rings (SSSR count). The maximum atomic E-state index is 6.42. The molecule has 1 aromatic heterocycles. The molecule has 0 aliphatic heterocycles. The van der Waals surface area contributed by atoms with E-state index in [4.69, 9.17) is 11.6 Å². The normalized spacial score (nSPS) is 11.7. The number of hydrogen-bond acceptors (Lipinski definition) is 5. The molecule has 26 heavy (non-hydrogen) atoms. The van der Waals surface area contributed by atoms with E-state index in [1.54, 1.807) is 0 Å². The summed E-state index contributed by atoms with van der Waals surface area (Å²) in [5.74, 6) is 0. The fraction of sp³-hybridized carbons (Fsp3) is 0.500. The summed E-state index contributed by atoms with van der Waals surface area (Å²) >= 11 is 7.96. The number of quaternary nitrogens is 1. The second kappa shape index (κ2) is 9.78. The lowest BCUT2D eigenvalue weighted by molar-refractivity contribution is -0.868. The van der Waals surface area contributed by atoms with Crippen LogP contribution < -0.4 is 21.9 Å². The number of azo groups is 1. The highest BCUT2D eigenvalue weighted by Crippen LogP contribution is 2.32. The number of benzene rings is 1. The Morgan fingerprint density at radius 2 is 1.88 bits per heavy atom. The highest BCUT2D eigenvalue weighted by molar-refractivity contribution is 7.15. The molecule has 0 spiro atoms. The highest BCUT2D eigenvalue weighted by atomic mass is 79.9. The molecule has 0 aliphatic rings. The number of hydrogen-bond donors (Lipinski definition) is 0. The van der Waals surface area contributed by atoms with Crippen molar-refractivity contribution in [1.82, 2.24) is 4.98 Å². The smallest absolute Gasteiger partial charge is 0.230 e. The largest absolute Gasteiger partial charge is 1.00 e. The summed E-state index contributed by atoms with van der Waals surface area (Å²) in [6.07, 6.45) is 0. The molecule has 1 aromatic carbocycles. The zero-order valence-electron chi connectivity index (χ0n) is 16.3. The number of rotatable bonds is 7. The molecular formula is C18H27BrClN5S. The Bertz CT molecular complexity index is 735. The molecule has 1 heterocycles. The van der Waals surface area contributed by atoms with Crippen LogP contribution in [-0.2, 0) is 0 Å². The van der Waals surface area contributed by atoms with Crippen molar-refractivity contribution in [2.75, 3.05) is 45.7 Å². The van der Waals surface area contributed by atoms with Crippen LogP contribution in [0.25, 0.3) is 0 Å². The molecule has 0 atom stereocenters. The van der Waals surface area contributed by atoms with Gasteiger partial charge in [-0.25, -0.2) is 4.98 Å². The van der Waals surface area contributed by atoms with E-state index in [1.807, 2.05) is 26.0 Å². The second-order valence-electron chi connectivity index (χ2n) is 7.07. The van der Waals surface area contributed by atoms with E-state index in [0.717, 1.165) is 40.4 Å². The van der Waals surface area contributed by atoms with Crippen molar-refractivity contribution in [3.63, 3.8) is 0 Å². The molecule has 5 nitrogen and oxygen atoms in total. The van der Waals surface area contributed by atoms with Gasteiger partial charge in [-0.3, -0.25) is 0 Å². The van der Waals surface area contributed by atoms with Crippen molar-refractivity contribution in [2.45, 2.75) is 20.8 Å². The first-order valence-corrected chi connectivity index (χ1v) is 9.60. The zero-order chi connectivity index (χ0) is 18.6. The number of aryl methyl sites for hydroxylation is 2. The number of halogens is 2. The minimum Gasteiger partial charge on any atom is -1.00 e. The third-order valence-electron chi connectivity index (χ3n) is 3.98. The van der Waals surface area contributed by atoms with Crippen molar-refractivity contribution >= 4 is 39.4 Å². The lowest BCUT2D eigenvalue weighted by Crippen LogP contribution is -3.00. The van der Waals surface area contributed by atoms with Gasteiger partial charge in [0.1, 0.15) is 5.69 Å². The molecule has 0 fully saturated rings. The summed E-state index contributed by atoms with van der Waals surface area (Å²) in [6.45, 7) is 9.15. The molecule has 0 N–H and O–H groups in total. The maximum Gasteiger partial charge on any atom is 0.230 e. The van der Waals surface area contributed by atoms with Crippen molar-refractivity contribution in [3.05, 3.63) is 33.8 Å². The van der Waals surface area contributed by atoms with Crippen LogP contribution in [0.2, 0.25) is 5.02 Å². The molecule has 0 amide bonds. The molecule has 8 heteroatoms. The third-order valence-corrected chi connectivity index (χ3v) is 5.24. The predicted molar refractivity (Wildman–Crippen MR) is 108 cm³/mol. The van der Waals surface area contributed by atoms with Gasteiger partial charge >= 0.3 is 0 Å². The summed E-state index contributed by atoms with van der Waals surface area (Å²) in [5, 5.41) is 9.74. The van der Waals surface area contributed by atoms with Gasteiger partial charge in [0.15, 0.2) is 0 Å². The quantitative estimate of drug-likeness (QED) is 0.470. The van der Waals surface area contributed by atoms with E-state index in [0.29, 0.717) is 15.8 Å². The summed E-state index contributed by atoms with van der Waals surface area (Å²) in [7, 11) is 6.60. The van der Waals surface area contributed by atoms with Gasteiger partial charge in [-0.05, 0) is 39.0 Å². The molecule has 2 aromatic rings. The molecule has 0 bridgehead atoms. The Balaban J connectivity index is 0.00000338. The van der Waals surface area contributed by atoms with E-state index in [-0.39, 0.29) is 17.0 Å². The Labute approximate surface area is 176 Å². The van der Waals surface area contributed by atoms with Crippen molar-refractivity contribution in [2.24, 2.45) is 10.2 Å². The van der Waals surface area contributed by atoms with Gasteiger partial charge in [-0.15, -0.1) is 10.2 Å². The number of thiazole rings is 1. The Morgan fingerprint density at radius 3 is 2.38 bits per heavy atom. The van der Waals surface area contributed by atoms with Crippen LogP contribution in [0.4, 0.5) is 16.5 Å². The maximum absolute atomic E-state index is 6.42. The SMILES string of the molecule is CCN(CC[N+](C)(C)C)c1ccc(/N=N/c2nc(C)c(C)s2)c(Cl)c1.[Br-]. The summed E-state index contributed by atoms with van der Waals surface area (Å²) in [6, 6.07) is 5.94. The third kappa shape index (κ3) is 6.61. The van der Waals surface area contributed by atoms with Crippen molar-refractivity contribution in [3.8, 4) is 0 Å². The van der Waals surface area contributed by atoms with Gasteiger partial charge in [0.05, 0.1) is 44.9 Å². The monoisotopic (exact) mass is 459 g/mol. The lowest BCUT2D eigenvalue weighted by Gasteiger charge is -2.29. The van der Waals surface area contributed by atoms with Crippen LogP contribution in [0.5, 0.6) is 0 Å². The van der Waals surface area contributed by atoms with Crippen LogP contribution in [-0.4, -0.2) is 50.2 Å². The number of anilines is 1. The average molecular weight is 461 g/mol.